The van der Waals surface area contributed by atoms with Gasteiger partial charge >= 0.3 is 0 Å². The Balaban J connectivity index is 1.39. The fraction of sp³-hybridized carbons (Fsp3) is 0.273. The minimum absolute atomic E-state index is 0.0285. The fourth-order valence-electron chi connectivity index (χ4n) is 3.54. The van der Waals surface area contributed by atoms with Gasteiger partial charge in [0.15, 0.2) is 5.16 Å². The predicted octanol–water partition coefficient (Wildman–Crippen LogP) is 3.75. The third-order valence-electron chi connectivity index (χ3n) is 5.31. The van der Waals surface area contributed by atoms with Gasteiger partial charge in [-0.15, -0.1) is 0 Å². The largest absolute Gasteiger partial charge is 0.329 e. The molecule has 1 aliphatic rings. The Morgan fingerprint density at radius 2 is 1.88 bits per heavy atom. The summed E-state index contributed by atoms with van der Waals surface area (Å²) in [4.78, 5) is 18.1. The van der Waals surface area contributed by atoms with E-state index in [1.165, 1.54) is 28.2 Å². The van der Waals surface area contributed by atoms with Gasteiger partial charge in [0, 0.05) is 43.1 Å². The first-order valence-corrected chi connectivity index (χ1v) is 12.4. The summed E-state index contributed by atoms with van der Waals surface area (Å²) >= 11 is 1.52. The second-order valence-corrected chi connectivity index (χ2v) is 10.6. The number of nitrogens with zero attached hydrogens (tertiary/aromatic N) is 3. The number of nitrogens with one attached hydrogen (secondary N) is 1. The Morgan fingerprint density at radius 1 is 1.16 bits per heavy atom. The highest BCUT2D eigenvalue weighted by Crippen LogP contribution is 2.28. The number of hydrogen-bond acceptors (Lipinski definition) is 5. The van der Waals surface area contributed by atoms with E-state index in [2.05, 4.69) is 10.3 Å². The normalized spacial score (nSPS) is 17.2. The van der Waals surface area contributed by atoms with E-state index in [0.717, 1.165) is 22.2 Å². The second kappa shape index (κ2) is 9.43. The van der Waals surface area contributed by atoms with Gasteiger partial charge in [-0.05, 0) is 61.4 Å². The molecule has 7 nitrogen and oxygen atoms in total. The van der Waals surface area contributed by atoms with Crippen LogP contribution < -0.4 is 5.32 Å². The van der Waals surface area contributed by atoms with Crippen molar-refractivity contribution in [3.63, 3.8) is 0 Å². The van der Waals surface area contributed by atoms with Gasteiger partial charge in [-0.3, -0.25) is 4.79 Å². The molecule has 0 spiro atoms. The molecule has 32 heavy (non-hydrogen) atoms. The second-order valence-electron chi connectivity index (χ2n) is 7.59. The molecule has 0 radical (unpaired) electrons. The van der Waals surface area contributed by atoms with Crippen LogP contribution in [0, 0.1) is 11.7 Å². The number of anilines is 1. The van der Waals surface area contributed by atoms with Crippen LogP contribution in [0.4, 0.5) is 10.1 Å². The summed E-state index contributed by atoms with van der Waals surface area (Å²) in [5.74, 6) is -1.17. The molecular weight excluding hydrogens is 451 g/mol. The minimum Gasteiger partial charge on any atom is -0.329 e. The maximum absolute atomic E-state index is 13.2. The van der Waals surface area contributed by atoms with Crippen molar-refractivity contribution in [1.29, 1.82) is 0 Å². The van der Waals surface area contributed by atoms with E-state index < -0.39 is 21.8 Å². The van der Waals surface area contributed by atoms with Crippen LogP contribution in [0.2, 0.25) is 0 Å². The maximum Gasteiger partial charge on any atom is 0.243 e. The Labute approximate surface area is 190 Å². The monoisotopic (exact) mass is 474 g/mol. The Kier molecular flexibility index (Phi) is 6.63. The summed E-state index contributed by atoms with van der Waals surface area (Å²) in [6.45, 7) is 0.432. The zero-order valence-corrected chi connectivity index (χ0v) is 19.1. The van der Waals surface area contributed by atoms with E-state index in [1.807, 2.05) is 42.1 Å². The number of benzene rings is 2. The van der Waals surface area contributed by atoms with Crippen molar-refractivity contribution < 1.29 is 17.6 Å². The van der Waals surface area contributed by atoms with E-state index in [-0.39, 0.29) is 17.3 Å². The summed E-state index contributed by atoms with van der Waals surface area (Å²) < 4.78 is 42.2. The number of carbonyl (C=O) groups excluding carboxylic acids is 1. The number of hydrogen-bond donors (Lipinski definition) is 1. The average molecular weight is 475 g/mol. The van der Waals surface area contributed by atoms with Crippen LogP contribution in [-0.2, 0) is 21.9 Å². The molecule has 1 unspecified atom stereocenters. The number of imidazole rings is 1. The molecule has 1 atom stereocenters. The zero-order valence-electron chi connectivity index (χ0n) is 17.4. The van der Waals surface area contributed by atoms with E-state index in [1.54, 1.807) is 6.20 Å². The van der Waals surface area contributed by atoms with Crippen LogP contribution in [0.3, 0.4) is 0 Å². The number of rotatable bonds is 6. The smallest absolute Gasteiger partial charge is 0.243 e. The van der Waals surface area contributed by atoms with Gasteiger partial charge in [-0.2, -0.15) is 4.31 Å². The minimum atomic E-state index is -3.78. The zero-order chi connectivity index (χ0) is 22.7. The molecule has 2 aromatic carbocycles. The molecule has 1 aliphatic heterocycles. The molecule has 1 fully saturated rings. The van der Waals surface area contributed by atoms with Crippen LogP contribution >= 0.6 is 11.8 Å². The molecule has 4 rings (SSSR count). The summed E-state index contributed by atoms with van der Waals surface area (Å²) in [6, 6.07) is 12.2. The van der Waals surface area contributed by atoms with Gasteiger partial charge in [0.05, 0.1) is 10.8 Å². The molecule has 1 saturated heterocycles. The van der Waals surface area contributed by atoms with Crippen LogP contribution in [0.1, 0.15) is 12.8 Å². The van der Waals surface area contributed by atoms with Gasteiger partial charge in [0.1, 0.15) is 5.82 Å². The lowest BCUT2D eigenvalue weighted by Crippen LogP contribution is -2.43. The average Bonchev–Trinajstić information content (AvgIpc) is 3.19. The molecule has 10 heteroatoms. The van der Waals surface area contributed by atoms with Crippen molar-refractivity contribution in [2.45, 2.75) is 27.8 Å². The first-order valence-electron chi connectivity index (χ1n) is 10.1. The van der Waals surface area contributed by atoms with Crippen LogP contribution in [-0.4, -0.2) is 41.3 Å². The molecule has 168 valence electrons. The highest BCUT2D eigenvalue weighted by Gasteiger charge is 2.33. The van der Waals surface area contributed by atoms with E-state index in [0.29, 0.717) is 25.1 Å². The molecule has 1 aromatic heterocycles. The van der Waals surface area contributed by atoms with Crippen LogP contribution in [0.5, 0.6) is 0 Å². The van der Waals surface area contributed by atoms with Crippen LogP contribution in [0.25, 0.3) is 0 Å². The lowest BCUT2D eigenvalue weighted by Gasteiger charge is -2.31. The molecular formula is C22H23FN4O3S2. The van der Waals surface area contributed by atoms with Crippen molar-refractivity contribution in [1.82, 2.24) is 13.9 Å². The van der Waals surface area contributed by atoms with E-state index in [4.69, 9.17) is 0 Å². The van der Waals surface area contributed by atoms with Crippen molar-refractivity contribution in [3.8, 4) is 0 Å². The van der Waals surface area contributed by atoms with Gasteiger partial charge in [0.2, 0.25) is 15.9 Å². The first-order chi connectivity index (χ1) is 15.3. The van der Waals surface area contributed by atoms with Gasteiger partial charge in [-0.25, -0.2) is 17.8 Å². The maximum atomic E-state index is 13.2. The van der Waals surface area contributed by atoms with Crippen molar-refractivity contribution in [2.75, 3.05) is 18.4 Å². The number of aromatic nitrogens is 2. The number of carbonyl (C=O) groups is 1. The molecule has 2 heterocycles. The van der Waals surface area contributed by atoms with E-state index >= 15 is 0 Å². The lowest BCUT2D eigenvalue weighted by atomic mass is 9.99. The third kappa shape index (κ3) is 5.03. The Bertz CT molecular complexity index is 1190. The fourth-order valence-corrected chi connectivity index (χ4v) is 5.86. The molecule has 3 aromatic rings. The highest BCUT2D eigenvalue weighted by atomic mass is 32.2. The van der Waals surface area contributed by atoms with Gasteiger partial charge in [-0.1, -0.05) is 11.8 Å². The summed E-state index contributed by atoms with van der Waals surface area (Å²) in [6.07, 6.45) is 4.80. The topological polar surface area (TPSA) is 84.3 Å². The first kappa shape index (κ1) is 22.5. The molecule has 1 N–H and O–H groups in total. The number of halogens is 1. The van der Waals surface area contributed by atoms with E-state index in [9.17, 15) is 17.6 Å². The number of sulfonamides is 1. The third-order valence-corrected chi connectivity index (χ3v) is 8.28. The van der Waals surface area contributed by atoms with Gasteiger partial charge in [0.25, 0.3) is 0 Å². The van der Waals surface area contributed by atoms with Gasteiger partial charge < -0.3 is 9.88 Å². The standard InChI is InChI=1S/C22H23FN4O3S2/c1-26-14-12-24-22(26)31-19-8-6-18(7-9-19)25-21(28)16-3-2-13-27(15-16)32(29,30)20-10-4-17(23)5-11-20/h4-12,14,16H,2-3,13,15H2,1H3,(H,25,28). The predicted molar refractivity (Wildman–Crippen MR) is 120 cm³/mol. The quantitative estimate of drug-likeness (QED) is 0.588. The van der Waals surface area contributed by atoms with Crippen molar-refractivity contribution in [2.24, 2.45) is 13.0 Å². The Hall–Kier alpha value is -2.69. The van der Waals surface area contributed by atoms with Crippen LogP contribution in [0.15, 0.2) is 75.9 Å². The summed E-state index contributed by atoms with van der Waals surface area (Å²) in [7, 11) is -1.85. The molecule has 0 bridgehead atoms. The number of amides is 1. The molecule has 0 saturated carbocycles. The molecule has 0 aliphatic carbocycles. The highest BCUT2D eigenvalue weighted by molar-refractivity contribution is 7.99. The summed E-state index contributed by atoms with van der Waals surface area (Å²) in [5, 5.41) is 3.76. The number of aryl methyl sites for hydroxylation is 1. The lowest BCUT2D eigenvalue weighted by molar-refractivity contribution is -0.120. The number of piperidine rings is 1. The Morgan fingerprint density at radius 3 is 2.53 bits per heavy atom. The van der Waals surface area contributed by atoms with Crippen molar-refractivity contribution in [3.05, 3.63) is 66.7 Å². The van der Waals surface area contributed by atoms with Crippen molar-refractivity contribution >= 4 is 33.4 Å². The molecule has 1 amide bonds. The summed E-state index contributed by atoms with van der Waals surface area (Å²) in [5.41, 5.74) is 0.651. The SMILES string of the molecule is Cn1ccnc1Sc1ccc(NC(=O)C2CCCN(S(=O)(=O)c3ccc(F)cc3)C2)cc1.